The molecule has 21 heavy (non-hydrogen) atoms. The standard InChI is InChI=1S/C14H13ClN4O2/c1-8-12(14(20)17-11-5-6-21-19-11)18-13(16-8)9-3-2-4-10(15)7-9/h2-4,7H,5-6H2,1H3,(H,16,18)(H,17,19,20). The first-order valence-electron chi connectivity index (χ1n) is 6.46. The SMILES string of the molecule is Cc1[nH]c(-c2cccc(Cl)c2)nc1C(=O)NC1=NOCC1. The lowest BCUT2D eigenvalue weighted by Crippen LogP contribution is -2.30. The molecule has 1 aromatic heterocycles. The number of carbonyl (C=O) groups excluding carboxylic acids is 1. The Labute approximate surface area is 126 Å². The molecule has 0 unspecified atom stereocenters. The lowest BCUT2D eigenvalue weighted by atomic mass is 10.2. The molecule has 7 heteroatoms. The van der Waals surface area contributed by atoms with Gasteiger partial charge in [0.2, 0.25) is 0 Å². The number of aromatic amines is 1. The van der Waals surface area contributed by atoms with Crippen molar-refractivity contribution in [3.8, 4) is 11.4 Å². The lowest BCUT2D eigenvalue weighted by Gasteiger charge is -2.00. The highest BCUT2D eigenvalue weighted by atomic mass is 35.5. The molecule has 2 aromatic rings. The van der Waals surface area contributed by atoms with Gasteiger partial charge in [0.1, 0.15) is 18.1 Å². The van der Waals surface area contributed by atoms with Gasteiger partial charge in [-0.2, -0.15) is 0 Å². The summed E-state index contributed by atoms with van der Waals surface area (Å²) < 4.78 is 0. The maximum atomic E-state index is 12.2. The van der Waals surface area contributed by atoms with Crippen molar-refractivity contribution in [3.05, 3.63) is 40.7 Å². The van der Waals surface area contributed by atoms with Gasteiger partial charge in [-0.05, 0) is 19.1 Å². The van der Waals surface area contributed by atoms with Gasteiger partial charge in [0, 0.05) is 22.7 Å². The largest absolute Gasteiger partial charge is 0.394 e. The molecule has 0 aliphatic carbocycles. The predicted molar refractivity (Wildman–Crippen MR) is 79.2 cm³/mol. The van der Waals surface area contributed by atoms with E-state index in [0.717, 1.165) is 5.56 Å². The van der Waals surface area contributed by atoms with Crippen molar-refractivity contribution in [2.45, 2.75) is 13.3 Å². The summed E-state index contributed by atoms with van der Waals surface area (Å²) in [6.45, 7) is 2.28. The zero-order valence-electron chi connectivity index (χ0n) is 11.3. The van der Waals surface area contributed by atoms with E-state index in [1.54, 1.807) is 19.1 Å². The van der Waals surface area contributed by atoms with Crippen molar-refractivity contribution in [1.29, 1.82) is 0 Å². The number of oxime groups is 1. The minimum Gasteiger partial charge on any atom is -0.394 e. The smallest absolute Gasteiger partial charge is 0.277 e. The van der Waals surface area contributed by atoms with Gasteiger partial charge in [0.05, 0.1) is 0 Å². The molecule has 1 amide bonds. The second kappa shape index (κ2) is 5.57. The molecule has 0 spiro atoms. The average Bonchev–Trinajstić information content (AvgIpc) is 3.08. The molecular formula is C14H13ClN4O2. The van der Waals surface area contributed by atoms with E-state index in [9.17, 15) is 4.79 Å². The second-order valence-corrected chi connectivity index (χ2v) is 5.08. The fourth-order valence-electron chi connectivity index (χ4n) is 2.04. The van der Waals surface area contributed by atoms with Gasteiger partial charge >= 0.3 is 0 Å². The topological polar surface area (TPSA) is 79.4 Å². The third kappa shape index (κ3) is 2.90. The van der Waals surface area contributed by atoms with Gasteiger partial charge < -0.3 is 15.1 Å². The summed E-state index contributed by atoms with van der Waals surface area (Å²) in [6.07, 6.45) is 0.594. The number of rotatable bonds is 2. The molecule has 1 aliphatic rings. The zero-order valence-corrected chi connectivity index (χ0v) is 12.1. The third-order valence-electron chi connectivity index (χ3n) is 3.06. The van der Waals surface area contributed by atoms with Crippen LogP contribution in [0.4, 0.5) is 0 Å². The Morgan fingerprint density at radius 3 is 3.05 bits per heavy atom. The molecule has 0 fully saturated rings. The zero-order chi connectivity index (χ0) is 14.8. The lowest BCUT2D eigenvalue weighted by molar-refractivity contribution is 0.0971. The maximum absolute atomic E-state index is 12.2. The summed E-state index contributed by atoms with van der Waals surface area (Å²) in [6, 6.07) is 7.28. The highest BCUT2D eigenvalue weighted by molar-refractivity contribution is 6.30. The van der Waals surface area contributed by atoms with E-state index < -0.39 is 0 Å². The summed E-state index contributed by atoms with van der Waals surface area (Å²) in [7, 11) is 0. The van der Waals surface area contributed by atoms with Crippen molar-refractivity contribution in [1.82, 2.24) is 15.3 Å². The number of nitrogens with zero attached hydrogens (tertiary/aromatic N) is 2. The van der Waals surface area contributed by atoms with Gasteiger partial charge in [-0.25, -0.2) is 4.98 Å². The molecule has 1 aliphatic heterocycles. The van der Waals surface area contributed by atoms with E-state index in [-0.39, 0.29) is 5.91 Å². The Morgan fingerprint density at radius 1 is 1.48 bits per heavy atom. The normalized spacial score (nSPS) is 13.7. The van der Waals surface area contributed by atoms with Crippen LogP contribution >= 0.6 is 11.6 Å². The summed E-state index contributed by atoms with van der Waals surface area (Å²) in [4.78, 5) is 24.5. The Hall–Kier alpha value is -2.34. The molecular weight excluding hydrogens is 292 g/mol. The van der Waals surface area contributed by atoms with Crippen LogP contribution in [-0.2, 0) is 4.84 Å². The number of hydrogen-bond acceptors (Lipinski definition) is 4. The van der Waals surface area contributed by atoms with E-state index in [1.807, 2.05) is 12.1 Å². The molecule has 0 saturated heterocycles. The number of aryl methyl sites for hydroxylation is 1. The third-order valence-corrected chi connectivity index (χ3v) is 3.30. The molecule has 0 radical (unpaired) electrons. The van der Waals surface area contributed by atoms with E-state index in [2.05, 4.69) is 20.4 Å². The number of aromatic nitrogens is 2. The maximum Gasteiger partial charge on any atom is 0.277 e. The first-order chi connectivity index (χ1) is 10.1. The minimum absolute atomic E-state index is 0.304. The van der Waals surface area contributed by atoms with Gasteiger partial charge in [-0.15, -0.1) is 0 Å². The van der Waals surface area contributed by atoms with Crippen LogP contribution in [0.3, 0.4) is 0 Å². The first-order valence-corrected chi connectivity index (χ1v) is 6.84. The molecule has 1 aromatic carbocycles. The molecule has 2 heterocycles. The number of amidine groups is 1. The number of H-pyrrole nitrogens is 1. The second-order valence-electron chi connectivity index (χ2n) is 4.64. The van der Waals surface area contributed by atoms with Crippen LogP contribution < -0.4 is 5.32 Å². The number of amides is 1. The Morgan fingerprint density at radius 2 is 2.33 bits per heavy atom. The molecule has 6 nitrogen and oxygen atoms in total. The summed E-state index contributed by atoms with van der Waals surface area (Å²) >= 11 is 5.97. The molecule has 0 bridgehead atoms. The monoisotopic (exact) mass is 304 g/mol. The van der Waals surface area contributed by atoms with Crippen LogP contribution in [0, 0.1) is 6.92 Å². The summed E-state index contributed by atoms with van der Waals surface area (Å²) in [5.41, 5.74) is 1.84. The number of carbonyl (C=O) groups is 1. The molecule has 0 atom stereocenters. The Bertz CT molecular complexity index is 724. The van der Waals surface area contributed by atoms with Crippen molar-refractivity contribution in [2.75, 3.05) is 6.61 Å². The number of halogens is 1. The van der Waals surface area contributed by atoms with Gasteiger partial charge in [-0.1, -0.05) is 28.9 Å². The summed E-state index contributed by atoms with van der Waals surface area (Å²) in [5, 5.41) is 7.04. The highest BCUT2D eigenvalue weighted by Crippen LogP contribution is 2.21. The Kier molecular flexibility index (Phi) is 3.62. The average molecular weight is 305 g/mol. The molecule has 3 rings (SSSR count). The molecule has 0 saturated carbocycles. The predicted octanol–water partition coefficient (Wildman–Crippen LogP) is 2.50. The van der Waals surface area contributed by atoms with Crippen LogP contribution in [0.25, 0.3) is 11.4 Å². The van der Waals surface area contributed by atoms with Crippen molar-refractivity contribution in [3.63, 3.8) is 0 Å². The molecule has 108 valence electrons. The van der Waals surface area contributed by atoms with Gasteiger partial charge in [0.15, 0.2) is 5.84 Å². The van der Waals surface area contributed by atoms with E-state index in [1.165, 1.54) is 0 Å². The van der Waals surface area contributed by atoms with Crippen LogP contribution in [0.15, 0.2) is 29.4 Å². The fourth-order valence-corrected chi connectivity index (χ4v) is 2.23. The number of hydrogen-bond donors (Lipinski definition) is 2. The van der Waals surface area contributed by atoms with Crippen LogP contribution in [0.1, 0.15) is 22.6 Å². The number of imidazole rings is 1. The molecule has 2 N–H and O–H groups in total. The minimum atomic E-state index is -0.304. The summed E-state index contributed by atoms with van der Waals surface area (Å²) in [5.74, 6) is 0.817. The van der Waals surface area contributed by atoms with Crippen molar-refractivity contribution < 1.29 is 9.63 Å². The van der Waals surface area contributed by atoms with Crippen LogP contribution in [0.5, 0.6) is 0 Å². The van der Waals surface area contributed by atoms with Gasteiger partial charge in [0.25, 0.3) is 5.91 Å². The van der Waals surface area contributed by atoms with Crippen LogP contribution in [0.2, 0.25) is 5.02 Å². The number of benzene rings is 1. The Balaban J connectivity index is 1.85. The highest BCUT2D eigenvalue weighted by Gasteiger charge is 2.19. The van der Waals surface area contributed by atoms with E-state index in [0.29, 0.717) is 41.1 Å². The fraction of sp³-hybridized carbons (Fsp3) is 0.214. The van der Waals surface area contributed by atoms with E-state index >= 15 is 0 Å². The van der Waals surface area contributed by atoms with Crippen molar-refractivity contribution >= 4 is 23.3 Å². The first kappa shape index (κ1) is 13.6. The number of nitrogens with one attached hydrogen (secondary N) is 2. The quantitative estimate of drug-likeness (QED) is 0.894. The van der Waals surface area contributed by atoms with Gasteiger partial charge in [-0.3, -0.25) is 4.79 Å². The van der Waals surface area contributed by atoms with Crippen LogP contribution in [-0.4, -0.2) is 28.3 Å². The van der Waals surface area contributed by atoms with Crippen molar-refractivity contribution in [2.24, 2.45) is 5.16 Å². The van der Waals surface area contributed by atoms with E-state index in [4.69, 9.17) is 16.4 Å².